The Morgan fingerprint density at radius 3 is 2.40 bits per heavy atom. The molecule has 0 saturated heterocycles. The first-order valence-corrected chi connectivity index (χ1v) is 9.22. The van der Waals surface area contributed by atoms with Crippen molar-refractivity contribution >= 4 is 21.6 Å². The first-order chi connectivity index (χ1) is 11.6. The van der Waals surface area contributed by atoms with Crippen molar-refractivity contribution in [2.75, 3.05) is 5.32 Å². The second kappa shape index (κ2) is 7.33. The molecule has 0 aliphatic rings. The van der Waals surface area contributed by atoms with Crippen molar-refractivity contribution in [3.05, 3.63) is 59.9 Å². The van der Waals surface area contributed by atoms with E-state index in [1.54, 1.807) is 39.0 Å². The van der Waals surface area contributed by atoms with E-state index in [9.17, 15) is 17.6 Å². The quantitative estimate of drug-likeness (QED) is 0.856. The Hall–Kier alpha value is -2.25. The molecule has 1 amide bonds. The van der Waals surface area contributed by atoms with Crippen LogP contribution >= 0.6 is 0 Å². The first-order valence-electron chi connectivity index (χ1n) is 7.74. The van der Waals surface area contributed by atoms with Crippen LogP contribution in [-0.4, -0.2) is 19.9 Å². The summed E-state index contributed by atoms with van der Waals surface area (Å²) < 4.78 is 40.8. The maximum absolute atomic E-state index is 13.2. The fraction of sp³-hybridized carbons (Fsp3) is 0.278. The van der Waals surface area contributed by atoms with Crippen molar-refractivity contribution in [2.24, 2.45) is 0 Å². The lowest BCUT2D eigenvalue weighted by molar-refractivity contribution is -0.115. The molecule has 0 heterocycles. The Balaban J connectivity index is 2.22. The molecule has 25 heavy (non-hydrogen) atoms. The molecular weight excluding hydrogens is 343 g/mol. The maximum atomic E-state index is 13.2. The molecule has 2 rings (SSSR count). The third kappa shape index (κ3) is 5.65. The van der Waals surface area contributed by atoms with Gasteiger partial charge in [0, 0.05) is 5.54 Å². The number of hydrogen-bond donors (Lipinski definition) is 2. The van der Waals surface area contributed by atoms with Gasteiger partial charge in [-0.2, -0.15) is 0 Å². The van der Waals surface area contributed by atoms with E-state index in [2.05, 4.69) is 10.0 Å². The zero-order valence-corrected chi connectivity index (χ0v) is 15.2. The van der Waals surface area contributed by atoms with Crippen LogP contribution in [0, 0.1) is 5.82 Å². The van der Waals surface area contributed by atoms with Gasteiger partial charge in [-0.05, 0) is 50.6 Å². The number of hydrogen-bond acceptors (Lipinski definition) is 3. The highest BCUT2D eigenvalue weighted by Crippen LogP contribution is 2.22. The Kier molecular flexibility index (Phi) is 5.59. The highest BCUT2D eigenvalue weighted by molar-refractivity contribution is 7.89. The summed E-state index contributed by atoms with van der Waals surface area (Å²) in [6.45, 7) is 5.20. The molecule has 0 unspecified atom stereocenters. The van der Waals surface area contributed by atoms with Crippen LogP contribution in [0.5, 0.6) is 0 Å². The SMILES string of the molecule is CC(C)(C)NS(=O)(=O)c1ccccc1NC(=O)Cc1cccc(F)c1. The predicted octanol–water partition coefficient (Wildman–Crippen LogP) is 3.08. The summed E-state index contributed by atoms with van der Waals surface area (Å²) in [5.74, 6) is -0.855. The summed E-state index contributed by atoms with van der Waals surface area (Å²) in [5.41, 5.74) is 0.0312. The molecule has 2 N–H and O–H groups in total. The van der Waals surface area contributed by atoms with Crippen LogP contribution in [0.2, 0.25) is 0 Å². The number of amides is 1. The van der Waals surface area contributed by atoms with Gasteiger partial charge < -0.3 is 5.32 Å². The van der Waals surface area contributed by atoms with E-state index < -0.39 is 27.3 Å². The monoisotopic (exact) mass is 364 g/mol. The second-order valence-electron chi connectivity index (χ2n) is 6.71. The molecule has 5 nitrogen and oxygen atoms in total. The number of benzene rings is 2. The van der Waals surface area contributed by atoms with E-state index in [4.69, 9.17) is 0 Å². The van der Waals surface area contributed by atoms with Gasteiger partial charge >= 0.3 is 0 Å². The summed E-state index contributed by atoms with van der Waals surface area (Å²) in [4.78, 5) is 12.2. The van der Waals surface area contributed by atoms with Gasteiger partial charge in [0.1, 0.15) is 10.7 Å². The molecule has 0 saturated carbocycles. The van der Waals surface area contributed by atoms with Crippen molar-refractivity contribution in [3.8, 4) is 0 Å². The molecule has 0 spiro atoms. The van der Waals surface area contributed by atoms with Crippen LogP contribution in [0.4, 0.5) is 10.1 Å². The molecule has 2 aromatic carbocycles. The second-order valence-corrected chi connectivity index (χ2v) is 8.36. The van der Waals surface area contributed by atoms with Crippen LogP contribution in [0.3, 0.4) is 0 Å². The third-order valence-electron chi connectivity index (χ3n) is 3.14. The van der Waals surface area contributed by atoms with E-state index in [0.29, 0.717) is 5.56 Å². The number of carbonyl (C=O) groups excluding carboxylic acids is 1. The number of rotatable bonds is 5. The van der Waals surface area contributed by atoms with E-state index in [-0.39, 0.29) is 17.0 Å². The van der Waals surface area contributed by atoms with Crippen molar-refractivity contribution in [2.45, 2.75) is 37.6 Å². The minimum atomic E-state index is -3.80. The van der Waals surface area contributed by atoms with Crippen LogP contribution in [0.1, 0.15) is 26.3 Å². The molecule has 7 heteroatoms. The van der Waals surface area contributed by atoms with Crippen molar-refractivity contribution in [3.63, 3.8) is 0 Å². The standard InChI is InChI=1S/C18H21FN2O3S/c1-18(2,3)21-25(23,24)16-10-5-4-9-15(16)20-17(22)12-13-7-6-8-14(19)11-13/h4-11,21H,12H2,1-3H3,(H,20,22). The summed E-state index contributed by atoms with van der Waals surface area (Å²) in [6.07, 6.45) is -0.0567. The molecule has 0 fully saturated rings. The highest BCUT2D eigenvalue weighted by atomic mass is 32.2. The third-order valence-corrected chi connectivity index (χ3v) is 4.96. The first kappa shape index (κ1) is 19.1. The van der Waals surface area contributed by atoms with Gasteiger partial charge in [0.25, 0.3) is 0 Å². The lowest BCUT2D eigenvalue weighted by Crippen LogP contribution is -2.40. The number of anilines is 1. The molecule has 0 aliphatic carbocycles. The summed E-state index contributed by atoms with van der Waals surface area (Å²) in [6, 6.07) is 11.9. The minimum Gasteiger partial charge on any atom is -0.325 e. The van der Waals surface area contributed by atoms with Gasteiger partial charge in [0.15, 0.2) is 0 Å². The fourth-order valence-electron chi connectivity index (χ4n) is 2.29. The number of halogens is 1. The molecule has 134 valence electrons. The van der Waals surface area contributed by atoms with E-state index in [1.165, 1.54) is 30.3 Å². The molecule has 2 aromatic rings. The molecule has 0 radical (unpaired) electrons. The lowest BCUT2D eigenvalue weighted by Gasteiger charge is -2.21. The van der Waals surface area contributed by atoms with Crippen LogP contribution < -0.4 is 10.0 Å². The van der Waals surface area contributed by atoms with Gasteiger partial charge in [0.2, 0.25) is 15.9 Å². The van der Waals surface area contributed by atoms with Gasteiger partial charge in [-0.25, -0.2) is 17.5 Å². The topological polar surface area (TPSA) is 75.3 Å². The predicted molar refractivity (Wildman–Crippen MR) is 95.3 cm³/mol. The minimum absolute atomic E-state index is 0.0162. The van der Waals surface area contributed by atoms with Gasteiger partial charge in [0.05, 0.1) is 12.1 Å². The average molecular weight is 364 g/mol. The number of para-hydroxylation sites is 1. The number of nitrogens with one attached hydrogen (secondary N) is 2. The number of carbonyl (C=O) groups is 1. The smallest absolute Gasteiger partial charge is 0.243 e. The zero-order chi connectivity index (χ0) is 18.7. The molecule has 0 atom stereocenters. The fourth-order valence-corrected chi connectivity index (χ4v) is 3.87. The van der Waals surface area contributed by atoms with E-state index in [0.717, 1.165) is 0 Å². The molecule has 0 bridgehead atoms. The van der Waals surface area contributed by atoms with Gasteiger partial charge in [-0.15, -0.1) is 0 Å². The van der Waals surface area contributed by atoms with Crippen molar-refractivity contribution in [1.29, 1.82) is 0 Å². The lowest BCUT2D eigenvalue weighted by atomic mass is 10.1. The van der Waals surface area contributed by atoms with Crippen LogP contribution in [-0.2, 0) is 21.2 Å². The normalized spacial score (nSPS) is 12.0. The highest BCUT2D eigenvalue weighted by Gasteiger charge is 2.24. The summed E-state index contributed by atoms with van der Waals surface area (Å²) in [5, 5.41) is 2.59. The molecular formula is C18H21FN2O3S. The van der Waals surface area contributed by atoms with E-state index >= 15 is 0 Å². The Bertz CT molecular complexity index is 874. The molecule has 0 aromatic heterocycles. The maximum Gasteiger partial charge on any atom is 0.243 e. The van der Waals surface area contributed by atoms with Crippen molar-refractivity contribution in [1.82, 2.24) is 4.72 Å². The zero-order valence-electron chi connectivity index (χ0n) is 14.3. The Labute approximate surface area is 147 Å². The molecule has 0 aliphatic heterocycles. The summed E-state index contributed by atoms with van der Waals surface area (Å²) in [7, 11) is -3.80. The van der Waals surface area contributed by atoms with Crippen molar-refractivity contribution < 1.29 is 17.6 Å². The summed E-state index contributed by atoms with van der Waals surface area (Å²) >= 11 is 0. The van der Waals surface area contributed by atoms with Gasteiger partial charge in [-0.3, -0.25) is 4.79 Å². The van der Waals surface area contributed by atoms with Gasteiger partial charge in [-0.1, -0.05) is 24.3 Å². The average Bonchev–Trinajstić information content (AvgIpc) is 2.45. The largest absolute Gasteiger partial charge is 0.325 e. The Morgan fingerprint density at radius 1 is 1.08 bits per heavy atom. The Morgan fingerprint density at radius 2 is 1.76 bits per heavy atom. The van der Waals surface area contributed by atoms with Crippen LogP contribution in [0.25, 0.3) is 0 Å². The van der Waals surface area contributed by atoms with Crippen LogP contribution in [0.15, 0.2) is 53.4 Å². The van der Waals surface area contributed by atoms with E-state index in [1.807, 2.05) is 0 Å². The number of sulfonamides is 1.